The van der Waals surface area contributed by atoms with Gasteiger partial charge in [-0.3, -0.25) is 4.72 Å². The molecule has 22 heavy (non-hydrogen) atoms. The lowest BCUT2D eigenvalue weighted by molar-refractivity contribution is 0.601. The van der Waals surface area contributed by atoms with Gasteiger partial charge < -0.3 is 0 Å². The Hall–Kier alpha value is -1.86. The number of nitrogens with one attached hydrogen (secondary N) is 1. The summed E-state index contributed by atoms with van der Waals surface area (Å²) in [7, 11) is 2.09. The van der Waals surface area contributed by atoms with E-state index in [0.717, 1.165) is 21.3 Å². The van der Waals surface area contributed by atoms with Crippen molar-refractivity contribution in [3.63, 3.8) is 0 Å². The summed E-state index contributed by atoms with van der Waals surface area (Å²) < 4.78 is 28.3. The maximum atomic E-state index is 12.4. The van der Waals surface area contributed by atoms with Crippen molar-refractivity contribution in [1.82, 2.24) is 4.98 Å². The van der Waals surface area contributed by atoms with E-state index in [1.807, 2.05) is 32.0 Å². The second-order valence-electron chi connectivity index (χ2n) is 5.11. The molecule has 1 aromatic heterocycles. The van der Waals surface area contributed by atoms with Crippen LogP contribution in [-0.2, 0) is 10.0 Å². The molecule has 0 aliphatic heterocycles. The number of hydrogen-bond donors (Lipinski definition) is 1. The minimum atomic E-state index is -3.69. The van der Waals surface area contributed by atoms with Crippen molar-refractivity contribution in [2.45, 2.75) is 18.7 Å². The van der Waals surface area contributed by atoms with Crippen LogP contribution in [-0.4, -0.2) is 21.2 Å². The predicted molar refractivity (Wildman–Crippen MR) is 91.7 cm³/mol. The number of hydrogen-bond acceptors (Lipinski definition) is 4. The fourth-order valence-corrected chi connectivity index (χ4v) is 4.27. The molecule has 0 fully saturated rings. The van der Waals surface area contributed by atoms with E-state index in [0.29, 0.717) is 10.6 Å². The van der Waals surface area contributed by atoms with Crippen LogP contribution in [0.1, 0.15) is 11.1 Å². The van der Waals surface area contributed by atoms with Gasteiger partial charge in [0.15, 0.2) is 5.13 Å². The molecule has 0 atom stereocenters. The summed E-state index contributed by atoms with van der Waals surface area (Å²) >= 11 is 1.31. The standard InChI is InChI=1S/C15H13BN2O2S2/c1-9-3-6-13-14(7-9)21-15(17-13)18-22(19,20)11-5-4-10(2)12(16)8-11/h3-8H,1-2H3,(H,17,18). The molecule has 2 radical (unpaired) electrons. The maximum absolute atomic E-state index is 12.4. The lowest BCUT2D eigenvalue weighted by Crippen LogP contribution is -2.16. The molecule has 0 saturated heterocycles. The molecule has 0 saturated carbocycles. The highest BCUT2D eigenvalue weighted by atomic mass is 32.2. The minimum absolute atomic E-state index is 0.131. The van der Waals surface area contributed by atoms with Crippen LogP contribution in [0.3, 0.4) is 0 Å². The predicted octanol–water partition coefficient (Wildman–Crippen LogP) is 2.51. The van der Waals surface area contributed by atoms with E-state index < -0.39 is 10.0 Å². The molecule has 3 aromatic rings. The number of fused-ring (bicyclic) bond motifs is 1. The van der Waals surface area contributed by atoms with E-state index >= 15 is 0 Å². The van der Waals surface area contributed by atoms with E-state index in [9.17, 15) is 8.42 Å². The van der Waals surface area contributed by atoms with Gasteiger partial charge in [-0.1, -0.05) is 34.5 Å². The molecule has 4 nitrogen and oxygen atoms in total. The largest absolute Gasteiger partial charge is 0.263 e. The molecule has 1 N–H and O–H groups in total. The van der Waals surface area contributed by atoms with Gasteiger partial charge in [0.1, 0.15) is 7.85 Å². The Morgan fingerprint density at radius 3 is 2.64 bits per heavy atom. The number of nitrogens with zero attached hydrogens (tertiary/aromatic N) is 1. The summed E-state index contributed by atoms with van der Waals surface area (Å²) in [5.41, 5.74) is 3.17. The van der Waals surface area contributed by atoms with E-state index in [4.69, 9.17) is 7.85 Å². The first-order chi connectivity index (χ1) is 10.3. The quantitative estimate of drug-likeness (QED) is 0.752. The molecule has 0 aliphatic carbocycles. The van der Waals surface area contributed by atoms with Crippen molar-refractivity contribution in [1.29, 1.82) is 0 Å². The Labute approximate surface area is 134 Å². The van der Waals surface area contributed by atoms with Crippen molar-refractivity contribution < 1.29 is 8.42 Å². The summed E-state index contributed by atoms with van der Waals surface area (Å²) in [6.45, 7) is 3.81. The number of aromatic nitrogens is 1. The Balaban J connectivity index is 1.96. The SMILES string of the molecule is [B]c1cc(S(=O)(=O)Nc2nc3ccc(C)cc3s2)ccc1C. The fraction of sp³-hybridized carbons (Fsp3) is 0.133. The number of benzene rings is 2. The van der Waals surface area contributed by atoms with Gasteiger partial charge in [0.05, 0.1) is 15.1 Å². The lowest BCUT2D eigenvalue weighted by atomic mass is 9.92. The Kier molecular flexibility index (Phi) is 3.70. The van der Waals surface area contributed by atoms with E-state index in [1.54, 1.807) is 6.07 Å². The third-order valence-electron chi connectivity index (χ3n) is 3.33. The normalized spacial score (nSPS) is 11.7. The van der Waals surface area contributed by atoms with Crippen LogP contribution in [0.5, 0.6) is 0 Å². The first kappa shape index (κ1) is 15.1. The average molecular weight is 328 g/mol. The molecule has 0 unspecified atom stereocenters. The molecular weight excluding hydrogens is 315 g/mol. The summed E-state index contributed by atoms with van der Waals surface area (Å²) in [6.07, 6.45) is 0. The van der Waals surface area contributed by atoms with E-state index in [2.05, 4.69) is 9.71 Å². The monoisotopic (exact) mass is 328 g/mol. The molecule has 0 aliphatic rings. The average Bonchev–Trinajstić information content (AvgIpc) is 2.82. The number of sulfonamides is 1. The van der Waals surface area contributed by atoms with Gasteiger partial charge in [-0.25, -0.2) is 13.4 Å². The van der Waals surface area contributed by atoms with Gasteiger partial charge in [0.2, 0.25) is 0 Å². The van der Waals surface area contributed by atoms with E-state index in [-0.39, 0.29) is 4.90 Å². The summed E-state index contributed by atoms with van der Waals surface area (Å²) in [4.78, 5) is 4.43. The molecule has 2 aromatic carbocycles. The van der Waals surface area contributed by atoms with Crippen molar-refractivity contribution in [2.75, 3.05) is 4.72 Å². The first-order valence-electron chi connectivity index (χ1n) is 6.61. The fourth-order valence-electron chi connectivity index (χ4n) is 2.04. The molecular formula is C15H13BN2O2S2. The van der Waals surface area contributed by atoms with Crippen LogP contribution in [0, 0.1) is 13.8 Å². The van der Waals surface area contributed by atoms with Gasteiger partial charge in [0.25, 0.3) is 10.0 Å². The third kappa shape index (κ3) is 2.87. The van der Waals surface area contributed by atoms with Gasteiger partial charge in [-0.2, -0.15) is 0 Å². The third-order valence-corrected chi connectivity index (χ3v) is 5.73. The number of rotatable bonds is 3. The highest BCUT2D eigenvalue weighted by Gasteiger charge is 2.17. The first-order valence-corrected chi connectivity index (χ1v) is 8.91. The van der Waals surface area contributed by atoms with Crippen molar-refractivity contribution in [2.24, 2.45) is 0 Å². The number of anilines is 1. The maximum Gasteiger partial charge on any atom is 0.263 e. The molecule has 7 heteroatoms. The summed E-state index contributed by atoms with van der Waals surface area (Å²) in [5.74, 6) is 0. The van der Waals surface area contributed by atoms with Crippen LogP contribution in [0.2, 0.25) is 0 Å². The lowest BCUT2D eigenvalue weighted by Gasteiger charge is -2.07. The van der Waals surface area contributed by atoms with Gasteiger partial charge >= 0.3 is 0 Å². The van der Waals surface area contributed by atoms with Crippen molar-refractivity contribution >= 4 is 50.0 Å². The highest BCUT2D eigenvalue weighted by molar-refractivity contribution is 7.93. The molecule has 0 amide bonds. The second-order valence-corrected chi connectivity index (χ2v) is 7.83. The second kappa shape index (κ2) is 5.41. The molecule has 0 bridgehead atoms. The molecule has 1 heterocycles. The number of thiazole rings is 1. The Bertz CT molecular complexity index is 965. The van der Waals surface area contributed by atoms with Gasteiger partial charge in [-0.15, -0.1) is 0 Å². The highest BCUT2D eigenvalue weighted by Crippen LogP contribution is 2.28. The summed E-state index contributed by atoms with van der Waals surface area (Å²) in [5, 5.41) is 0.347. The molecule has 3 rings (SSSR count). The molecule has 0 spiro atoms. The number of aryl methyl sites for hydroxylation is 2. The van der Waals surface area contributed by atoms with Crippen molar-refractivity contribution in [3.8, 4) is 0 Å². The smallest absolute Gasteiger partial charge is 0.255 e. The Morgan fingerprint density at radius 2 is 1.91 bits per heavy atom. The van der Waals surface area contributed by atoms with Crippen LogP contribution in [0.25, 0.3) is 10.2 Å². The Morgan fingerprint density at radius 1 is 1.14 bits per heavy atom. The molecule has 110 valence electrons. The zero-order chi connectivity index (χ0) is 15.9. The van der Waals surface area contributed by atoms with Crippen LogP contribution < -0.4 is 10.2 Å². The zero-order valence-electron chi connectivity index (χ0n) is 12.1. The van der Waals surface area contributed by atoms with Crippen LogP contribution >= 0.6 is 11.3 Å². The minimum Gasteiger partial charge on any atom is -0.255 e. The van der Waals surface area contributed by atoms with Crippen LogP contribution in [0.4, 0.5) is 5.13 Å². The van der Waals surface area contributed by atoms with Crippen LogP contribution in [0.15, 0.2) is 41.3 Å². The van der Waals surface area contributed by atoms with Gasteiger partial charge in [-0.05, 0) is 43.7 Å². The summed E-state index contributed by atoms with van der Waals surface area (Å²) in [6, 6.07) is 10.5. The van der Waals surface area contributed by atoms with E-state index in [1.165, 1.54) is 23.5 Å². The zero-order valence-corrected chi connectivity index (χ0v) is 13.8. The van der Waals surface area contributed by atoms with Gasteiger partial charge in [0, 0.05) is 0 Å². The topological polar surface area (TPSA) is 59.1 Å². The van der Waals surface area contributed by atoms with Crippen molar-refractivity contribution in [3.05, 3.63) is 47.5 Å².